The Morgan fingerprint density at radius 2 is 1.72 bits per heavy atom. The molecule has 2 aromatic rings. The Labute approximate surface area is 282 Å². The molecule has 1 aliphatic heterocycles. The predicted molar refractivity (Wildman–Crippen MR) is 192 cm³/mol. The van der Waals surface area contributed by atoms with Crippen LogP contribution in [-0.4, -0.2) is 60.5 Å². The quantitative estimate of drug-likeness (QED) is 0.0619. The van der Waals surface area contributed by atoms with E-state index in [2.05, 4.69) is 41.4 Å². The van der Waals surface area contributed by atoms with Crippen LogP contribution < -0.4 is 36.7 Å². The van der Waals surface area contributed by atoms with Crippen molar-refractivity contribution in [3.8, 4) is 5.75 Å². The zero-order valence-corrected chi connectivity index (χ0v) is 29.9. The molecule has 0 radical (unpaired) electrons. The summed E-state index contributed by atoms with van der Waals surface area (Å²) >= 11 is 1.43. The smallest absolute Gasteiger partial charge is 0.268 e. The monoisotopic (exact) mass is 672 g/mol. The Morgan fingerprint density at radius 3 is 2.26 bits per heavy atom. The van der Waals surface area contributed by atoms with Gasteiger partial charge in [0.2, 0.25) is 0 Å². The number of hydrogen-bond donors (Lipinski definition) is 6. The van der Waals surface area contributed by atoms with Gasteiger partial charge < -0.3 is 30.9 Å². The van der Waals surface area contributed by atoms with Gasteiger partial charge in [0.15, 0.2) is 5.75 Å². The predicted octanol–water partition coefficient (Wildman–Crippen LogP) is 5.01. The minimum absolute atomic E-state index is 0.0729. The van der Waals surface area contributed by atoms with E-state index in [0.29, 0.717) is 42.3 Å². The Morgan fingerprint density at radius 1 is 1.13 bits per heavy atom. The second kappa shape index (κ2) is 17.2. The minimum Gasteiger partial charge on any atom is -0.492 e. The van der Waals surface area contributed by atoms with Crippen LogP contribution in [0.4, 0.5) is 17.1 Å². The summed E-state index contributed by atoms with van der Waals surface area (Å²) in [7, 11) is 1.56. The van der Waals surface area contributed by atoms with Crippen LogP contribution in [-0.2, 0) is 10.2 Å². The SMILES string of the molecule is CC(C)(C)O.COc1c(NSC)cc(C(C)(C)C)cc1NC(=O)c1ccc(C)c(N(N)/C=C(\N)C(=O)NCC2CCN(N=O)CC2)c1. The van der Waals surface area contributed by atoms with E-state index in [1.165, 1.54) is 28.2 Å². The van der Waals surface area contributed by atoms with Crippen LogP contribution in [0, 0.1) is 17.7 Å². The molecule has 0 aliphatic carbocycles. The first-order valence-electron chi connectivity index (χ1n) is 15.4. The van der Waals surface area contributed by atoms with Gasteiger partial charge in [-0.05, 0) is 87.3 Å². The highest BCUT2D eigenvalue weighted by Crippen LogP contribution is 2.39. The maximum absolute atomic E-state index is 13.4. The van der Waals surface area contributed by atoms with E-state index < -0.39 is 11.5 Å². The van der Waals surface area contributed by atoms with Crippen molar-refractivity contribution < 1.29 is 19.4 Å². The van der Waals surface area contributed by atoms with Gasteiger partial charge in [0.1, 0.15) is 5.70 Å². The number of nitrogens with zero attached hydrogens (tertiary/aromatic N) is 3. The van der Waals surface area contributed by atoms with Gasteiger partial charge in [-0.15, -0.1) is 4.91 Å². The van der Waals surface area contributed by atoms with E-state index in [-0.39, 0.29) is 22.9 Å². The molecule has 0 spiro atoms. The number of ether oxygens (including phenoxy) is 1. The number of aliphatic hydroxyl groups is 1. The van der Waals surface area contributed by atoms with Crippen molar-refractivity contribution in [3.05, 3.63) is 63.8 Å². The maximum Gasteiger partial charge on any atom is 0.268 e. The number of rotatable bonds is 11. The number of anilines is 3. The third kappa shape index (κ3) is 12.6. The molecular formula is C33H52N8O5S. The Bertz CT molecular complexity index is 1410. The molecule has 1 heterocycles. The average molecular weight is 673 g/mol. The Balaban J connectivity index is 0.00000142. The molecule has 1 aliphatic rings. The fourth-order valence-electron chi connectivity index (χ4n) is 4.61. The standard InChI is InChI=1S/C29H42N8O4S.C4H10O/c1-18-7-8-20(27(38)33-23-14-21(29(2,3)4)15-24(34-42-6)26(23)41-5)13-25(18)37(31)17-22(30)28(39)32-16-19-9-11-36(35-40)12-10-19;1-4(2,3)5/h7-8,13-15,17,19,34H,9-12,16,30-31H2,1-6H3,(H,32,39)(H,33,38);5H,1-3H3/b22-17-;. The molecule has 13 nitrogen and oxygen atoms in total. The largest absolute Gasteiger partial charge is 0.492 e. The Hall–Kier alpha value is -4.01. The van der Waals surface area contributed by atoms with Crippen molar-refractivity contribution in [3.63, 3.8) is 0 Å². The highest BCUT2D eigenvalue weighted by molar-refractivity contribution is 7.99. The molecule has 2 aromatic carbocycles. The fourth-order valence-corrected chi connectivity index (χ4v) is 4.98. The van der Waals surface area contributed by atoms with Crippen LogP contribution >= 0.6 is 11.9 Å². The maximum atomic E-state index is 13.4. The number of piperidine rings is 1. The number of hydrazine groups is 1. The van der Waals surface area contributed by atoms with E-state index in [1.807, 2.05) is 25.3 Å². The summed E-state index contributed by atoms with van der Waals surface area (Å²) in [4.78, 5) is 36.7. The number of hydrogen-bond acceptors (Lipinski definition) is 11. The fraction of sp³-hybridized carbons (Fsp3) is 0.515. The normalized spacial score (nSPS) is 14.0. The number of amides is 2. The molecule has 2 amide bonds. The molecule has 1 saturated heterocycles. The van der Waals surface area contributed by atoms with E-state index in [9.17, 15) is 14.5 Å². The summed E-state index contributed by atoms with van der Waals surface area (Å²) in [5.74, 6) is 6.24. The minimum atomic E-state index is -0.500. The molecule has 0 atom stereocenters. The summed E-state index contributed by atoms with van der Waals surface area (Å²) < 4.78 is 8.88. The van der Waals surface area contributed by atoms with E-state index in [1.54, 1.807) is 46.1 Å². The first kappa shape index (κ1) is 39.2. The van der Waals surface area contributed by atoms with Crippen LogP contribution in [0.2, 0.25) is 0 Å². The van der Waals surface area contributed by atoms with Gasteiger partial charge >= 0.3 is 0 Å². The highest BCUT2D eigenvalue weighted by atomic mass is 32.2. The van der Waals surface area contributed by atoms with Crippen molar-refractivity contribution in [1.82, 2.24) is 10.3 Å². The molecule has 3 rings (SSSR count). The number of nitrogens with one attached hydrogen (secondary N) is 3. The molecular weight excluding hydrogens is 620 g/mol. The number of nitroso groups, excluding NO2 is 1. The lowest BCUT2D eigenvalue weighted by molar-refractivity contribution is -0.117. The zero-order chi connectivity index (χ0) is 35.5. The number of methoxy groups -OCH3 is 1. The summed E-state index contributed by atoms with van der Waals surface area (Å²) in [6.07, 6.45) is 4.76. The van der Waals surface area contributed by atoms with Gasteiger partial charge in [-0.2, -0.15) is 0 Å². The third-order valence-corrected chi connectivity index (χ3v) is 7.59. The zero-order valence-electron chi connectivity index (χ0n) is 29.1. The molecule has 0 saturated carbocycles. The lowest BCUT2D eigenvalue weighted by Gasteiger charge is -2.27. The molecule has 8 N–H and O–H groups in total. The number of benzene rings is 2. The number of carbonyl (C=O) groups is 2. The third-order valence-electron chi connectivity index (χ3n) is 7.17. The topological polar surface area (TPSA) is 188 Å². The van der Waals surface area contributed by atoms with Gasteiger partial charge in [0.05, 0.1) is 35.1 Å². The average Bonchev–Trinajstić information content (AvgIpc) is 2.99. The van der Waals surface area contributed by atoms with Gasteiger partial charge in [-0.3, -0.25) is 19.6 Å². The van der Waals surface area contributed by atoms with Gasteiger partial charge in [-0.1, -0.05) is 38.8 Å². The Kier molecular flexibility index (Phi) is 14.4. The molecule has 14 heteroatoms. The molecule has 260 valence electrons. The van der Waals surface area contributed by atoms with Gasteiger partial charge in [-0.25, -0.2) is 5.84 Å². The highest BCUT2D eigenvalue weighted by Gasteiger charge is 2.22. The number of carbonyl (C=O) groups excluding carboxylic acids is 2. The first-order chi connectivity index (χ1) is 21.9. The van der Waals surface area contributed by atoms with Crippen molar-refractivity contribution in [2.45, 2.75) is 72.3 Å². The van der Waals surface area contributed by atoms with Crippen LogP contribution in [0.1, 0.15) is 75.9 Å². The summed E-state index contributed by atoms with van der Waals surface area (Å²) in [5, 5.41) is 20.0. The second-order valence-electron chi connectivity index (χ2n) is 13.5. The molecule has 0 bridgehead atoms. The summed E-state index contributed by atoms with van der Waals surface area (Å²) in [5.41, 5.74) is 9.28. The lowest BCUT2D eigenvalue weighted by atomic mass is 9.86. The van der Waals surface area contributed by atoms with Crippen LogP contribution in [0.15, 0.2) is 47.5 Å². The van der Waals surface area contributed by atoms with Crippen LogP contribution in [0.25, 0.3) is 0 Å². The van der Waals surface area contributed by atoms with Crippen LogP contribution in [0.5, 0.6) is 5.75 Å². The summed E-state index contributed by atoms with van der Waals surface area (Å²) in [6, 6.07) is 9.05. The second-order valence-corrected chi connectivity index (χ2v) is 14.1. The van der Waals surface area contributed by atoms with Gasteiger partial charge in [0, 0.05) is 37.7 Å². The number of nitrogens with two attached hydrogens (primary N) is 2. The molecule has 0 aromatic heterocycles. The van der Waals surface area contributed by atoms with E-state index in [0.717, 1.165) is 29.7 Å². The van der Waals surface area contributed by atoms with Crippen LogP contribution in [0.3, 0.4) is 0 Å². The van der Waals surface area contributed by atoms with Crippen molar-refractivity contribution >= 4 is 40.8 Å². The summed E-state index contributed by atoms with van der Waals surface area (Å²) in [6.45, 7) is 14.9. The molecule has 1 fully saturated rings. The van der Waals surface area contributed by atoms with Crippen molar-refractivity contribution in [2.24, 2.45) is 22.8 Å². The number of aryl methyl sites for hydroxylation is 1. The first-order valence-corrected chi connectivity index (χ1v) is 16.6. The molecule has 0 unspecified atom stereocenters. The van der Waals surface area contributed by atoms with E-state index >= 15 is 0 Å². The molecule has 47 heavy (non-hydrogen) atoms. The van der Waals surface area contributed by atoms with Gasteiger partial charge in [0.25, 0.3) is 11.8 Å². The van der Waals surface area contributed by atoms with E-state index in [4.69, 9.17) is 21.4 Å². The van der Waals surface area contributed by atoms with Crippen molar-refractivity contribution in [1.29, 1.82) is 0 Å². The van der Waals surface area contributed by atoms with Crippen molar-refractivity contribution in [2.75, 3.05) is 48.0 Å². The lowest BCUT2D eigenvalue weighted by Crippen LogP contribution is -2.38.